The SMILES string of the molecule is C[C@@H](NC1(CNc2ncccc2C#N)CCOCC1)c1ccccc1. The minimum Gasteiger partial charge on any atom is -0.381 e. The summed E-state index contributed by atoms with van der Waals surface area (Å²) in [7, 11) is 0. The minimum atomic E-state index is -0.0856. The molecule has 1 saturated heterocycles. The first-order valence-electron chi connectivity index (χ1n) is 8.72. The van der Waals surface area contributed by atoms with Crippen molar-refractivity contribution in [3.63, 3.8) is 0 Å². The number of ether oxygens (including phenoxy) is 1. The van der Waals surface area contributed by atoms with E-state index in [4.69, 9.17) is 4.74 Å². The summed E-state index contributed by atoms with van der Waals surface area (Å²) in [5, 5.41) is 16.4. The first kappa shape index (κ1) is 17.4. The smallest absolute Gasteiger partial charge is 0.143 e. The highest BCUT2D eigenvalue weighted by Gasteiger charge is 2.34. The normalized spacial score (nSPS) is 17.4. The molecule has 1 fully saturated rings. The van der Waals surface area contributed by atoms with Gasteiger partial charge in [-0.3, -0.25) is 0 Å². The lowest BCUT2D eigenvalue weighted by Crippen LogP contribution is -2.54. The molecule has 5 heteroatoms. The molecule has 3 rings (SSSR count). The summed E-state index contributed by atoms with van der Waals surface area (Å²) in [4.78, 5) is 4.31. The standard InChI is InChI=1S/C20H24N4O/c1-16(17-6-3-2-4-7-17)24-20(9-12-25-13-10-20)15-23-19-18(14-21)8-5-11-22-19/h2-8,11,16,24H,9-10,12-13,15H2,1H3,(H,22,23)/t16-/m1/s1. The summed E-state index contributed by atoms with van der Waals surface area (Å²) < 4.78 is 5.57. The Morgan fingerprint density at radius 1 is 1.20 bits per heavy atom. The van der Waals surface area contributed by atoms with E-state index >= 15 is 0 Å². The molecule has 1 aromatic carbocycles. The van der Waals surface area contributed by atoms with Crippen molar-refractivity contribution < 1.29 is 4.74 Å². The lowest BCUT2D eigenvalue weighted by Gasteiger charge is -2.40. The number of pyridine rings is 1. The Balaban J connectivity index is 1.73. The topological polar surface area (TPSA) is 70.0 Å². The molecule has 1 aliphatic heterocycles. The number of rotatable bonds is 6. The van der Waals surface area contributed by atoms with Gasteiger partial charge in [-0.15, -0.1) is 0 Å². The molecule has 2 aromatic rings. The van der Waals surface area contributed by atoms with Gasteiger partial charge in [0.05, 0.1) is 5.56 Å². The second-order valence-electron chi connectivity index (χ2n) is 6.53. The highest BCUT2D eigenvalue weighted by molar-refractivity contribution is 5.51. The summed E-state index contributed by atoms with van der Waals surface area (Å²) in [5.41, 5.74) is 1.75. The number of nitrogens with one attached hydrogen (secondary N) is 2. The molecule has 1 atom stereocenters. The molecule has 0 saturated carbocycles. The van der Waals surface area contributed by atoms with Crippen LogP contribution in [-0.2, 0) is 4.74 Å². The van der Waals surface area contributed by atoms with Gasteiger partial charge < -0.3 is 15.4 Å². The third-order valence-corrected chi connectivity index (χ3v) is 4.79. The van der Waals surface area contributed by atoms with Crippen LogP contribution in [0.5, 0.6) is 0 Å². The summed E-state index contributed by atoms with van der Waals surface area (Å²) >= 11 is 0. The van der Waals surface area contributed by atoms with E-state index in [0.29, 0.717) is 17.9 Å². The average Bonchev–Trinajstić information content (AvgIpc) is 2.68. The van der Waals surface area contributed by atoms with E-state index < -0.39 is 0 Å². The van der Waals surface area contributed by atoms with Crippen LogP contribution in [0.1, 0.15) is 36.9 Å². The molecule has 0 bridgehead atoms. The van der Waals surface area contributed by atoms with Crippen molar-refractivity contribution in [3.8, 4) is 6.07 Å². The molecule has 0 unspecified atom stereocenters. The lowest BCUT2D eigenvalue weighted by molar-refractivity contribution is 0.0389. The monoisotopic (exact) mass is 336 g/mol. The van der Waals surface area contributed by atoms with Crippen molar-refractivity contribution in [3.05, 3.63) is 59.8 Å². The predicted molar refractivity (Wildman–Crippen MR) is 98.2 cm³/mol. The van der Waals surface area contributed by atoms with Crippen molar-refractivity contribution in [2.45, 2.75) is 31.3 Å². The van der Waals surface area contributed by atoms with Gasteiger partial charge in [0.25, 0.3) is 0 Å². The van der Waals surface area contributed by atoms with Gasteiger partial charge in [-0.25, -0.2) is 4.98 Å². The van der Waals surface area contributed by atoms with E-state index in [0.717, 1.165) is 26.1 Å². The van der Waals surface area contributed by atoms with Crippen LogP contribution in [0.15, 0.2) is 48.7 Å². The highest BCUT2D eigenvalue weighted by Crippen LogP contribution is 2.26. The van der Waals surface area contributed by atoms with Gasteiger partial charge in [0, 0.05) is 37.5 Å². The number of anilines is 1. The summed E-state index contributed by atoms with van der Waals surface area (Å²) in [6.45, 7) is 4.38. The molecule has 25 heavy (non-hydrogen) atoms. The maximum Gasteiger partial charge on any atom is 0.143 e. The fourth-order valence-corrected chi connectivity index (χ4v) is 3.31. The van der Waals surface area contributed by atoms with Gasteiger partial charge in [0.15, 0.2) is 0 Å². The molecular formula is C20H24N4O. The third-order valence-electron chi connectivity index (χ3n) is 4.79. The largest absolute Gasteiger partial charge is 0.381 e. The first-order valence-corrected chi connectivity index (χ1v) is 8.72. The van der Waals surface area contributed by atoms with E-state index in [-0.39, 0.29) is 11.6 Å². The molecule has 0 spiro atoms. The Hall–Kier alpha value is -2.42. The molecule has 5 nitrogen and oxygen atoms in total. The molecule has 0 radical (unpaired) electrons. The van der Waals surface area contributed by atoms with Crippen LogP contribution in [0.3, 0.4) is 0 Å². The van der Waals surface area contributed by atoms with E-state index in [2.05, 4.69) is 52.9 Å². The van der Waals surface area contributed by atoms with Crippen LogP contribution in [0.4, 0.5) is 5.82 Å². The zero-order valence-electron chi connectivity index (χ0n) is 14.5. The Kier molecular flexibility index (Phi) is 5.64. The highest BCUT2D eigenvalue weighted by atomic mass is 16.5. The van der Waals surface area contributed by atoms with Crippen molar-refractivity contribution in [2.75, 3.05) is 25.1 Å². The van der Waals surface area contributed by atoms with Crippen molar-refractivity contribution in [1.29, 1.82) is 5.26 Å². The summed E-state index contributed by atoms with van der Waals surface area (Å²) in [6.07, 6.45) is 3.55. The third kappa shape index (κ3) is 4.36. The molecular weight excluding hydrogens is 312 g/mol. The van der Waals surface area contributed by atoms with Gasteiger partial charge >= 0.3 is 0 Å². The van der Waals surface area contributed by atoms with Gasteiger partial charge in [0.2, 0.25) is 0 Å². The number of nitriles is 1. The van der Waals surface area contributed by atoms with Crippen LogP contribution >= 0.6 is 0 Å². The Morgan fingerprint density at radius 3 is 2.68 bits per heavy atom. The maximum absolute atomic E-state index is 9.25. The van der Waals surface area contributed by atoms with Gasteiger partial charge in [0.1, 0.15) is 11.9 Å². The summed E-state index contributed by atoms with van der Waals surface area (Å²) in [6, 6.07) is 16.4. The van der Waals surface area contributed by atoms with Crippen LogP contribution < -0.4 is 10.6 Å². The Bertz CT molecular complexity index is 720. The van der Waals surface area contributed by atoms with Crippen molar-refractivity contribution in [2.24, 2.45) is 0 Å². The second-order valence-corrected chi connectivity index (χ2v) is 6.53. The van der Waals surface area contributed by atoms with Crippen LogP contribution in [0.2, 0.25) is 0 Å². The number of benzene rings is 1. The van der Waals surface area contributed by atoms with Gasteiger partial charge in [-0.2, -0.15) is 5.26 Å². The second kappa shape index (κ2) is 8.11. The fourth-order valence-electron chi connectivity index (χ4n) is 3.31. The quantitative estimate of drug-likeness (QED) is 0.847. The lowest BCUT2D eigenvalue weighted by atomic mass is 9.88. The van der Waals surface area contributed by atoms with E-state index in [9.17, 15) is 5.26 Å². The molecule has 1 aromatic heterocycles. The molecule has 1 aliphatic rings. The fraction of sp³-hybridized carbons (Fsp3) is 0.400. The van der Waals surface area contributed by atoms with Gasteiger partial charge in [-0.05, 0) is 37.5 Å². The number of aromatic nitrogens is 1. The number of hydrogen-bond acceptors (Lipinski definition) is 5. The van der Waals surface area contributed by atoms with Gasteiger partial charge in [-0.1, -0.05) is 30.3 Å². The molecule has 2 N–H and O–H groups in total. The number of hydrogen-bond donors (Lipinski definition) is 2. The zero-order valence-corrected chi connectivity index (χ0v) is 14.5. The Morgan fingerprint density at radius 2 is 1.96 bits per heavy atom. The molecule has 130 valence electrons. The molecule has 0 aliphatic carbocycles. The van der Waals surface area contributed by atoms with E-state index in [1.165, 1.54) is 5.56 Å². The van der Waals surface area contributed by atoms with Crippen molar-refractivity contribution in [1.82, 2.24) is 10.3 Å². The average molecular weight is 336 g/mol. The Labute approximate surface area is 149 Å². The van der Waals surface area contributed by atoms with Crippen LogP contribution in [-0.4, -0.2) is 30.3 Å². The molecule has 0 amide bonds. The predicted octanol–water partition coefficient (Wildman–Crippen LogP) is 3.27. The maximum atomic E-state index is 9.25. The van der Waals surface area contributed by atoms with E-state index in [1.807, 2.05) is 6.07 Å². The first-order chi connectivity index (χ1) is 12.2. The number of nitrogens with zero attached hydrogens (tertiary/aromatic N) is 2. The zero-order chi connectivity index (χ0) is 17.5. The summed E-state index contributed by atoms with van der Waals surface area (Å²) in [5.74, 6) is 0.644. The molecule has 2 heterocycles. The van der Waals surface area contributed by atoms with Crippen LogP contribution in [0.25, 0.3) is 0 Å². The van der Waals surface area contributed by atoms with E-state index in [1.54, 1.807) is 18.3 Å². The van der Waals surface area contributed by atoms with Crippen molar-refractivity contribution >= 4 is 5.82 Å². The minimum absolute atomic E-state index is 0.0856. The van der Waals surface area contributed by atoms with Crippen LogP contribution in [0, 0.1) is 11.3 Å².